The Balaban J connectivity index is 0.000000433. The molecule has 8 nitrogen and oxygen atoms in total. The van der Waals surface area contributed by atoms with E-state index in [0.29, 0.717) is 6.04 Å². The summed E-state index contributed by atoms with van der Waals surface area (Å²) in [5.41, 5.74) is 6.40. The maximum absolute atomic E-state index is 11.4. The van der Waals surface area contributed by atoms with Crippen LogP contribution in [0.25, 0.3) is 0 Å². The molecule has 2 rings (SSSR count). The molecule has 5 N–H and O–H groups in total. The highest BCUT2D eigenvalue weighted by Gasteiger charge is 2.21. The highest BCUT2D eigenvalue weighted by molar-refractivity contribution is 5.80. The van der Waals surface area contributed by atoms with Crippen molar-refractivity contribution in [1.82, 2.24) is 5.32 Å². The number of carboxylic acid groups (broad SMARTS) is 2. The van der Waals surface area contributed by atoms with Crippen LogP contribution in [0.15, 0.2) is 30.3 Å². The zero-order valence-electron chi connectivity index (χ0n) is 15.3. The second kappa shape index (κ2) is 12.7. The Bertz CT molecular complexity index is 587. The van der Waals surface area contributed by atoms with Gasteiger partial charge in [0.25, 0.3) is 0 Å². The summed E-state index contributed by atoms with van der Waals surface area (Å²) in [4.78, 5) is 32.7. The van der Waals surface area contributed by atoms with E-state index in [2.05, 4.69) is 5.32 Å². The lowest BCUT2D eigenvalue weighted by Gasteiger charge is -2.15. The van der Waals surface area contributed by atoms with Gasteiger partial charge in [-0.2, -0.15) is 0 Å². The molecule has 1 saturated carbocycles. The second-order valence-electron chi connectivity index (χ2n) is 6.43. The van der Waals surface area contributed by atoms with Crippen LogP contribution in [-0.4, -0.2) is 40.3 Å². The lowest BCUT2D eigenvalue weighted by Crippen LogP contribution is -2.41. The number of carbonyl (C=O) groups is 3. The number of amides is 1. The number of ether oxygens (including phenoxy) is 1. The van der Waals surface area contributed by atoms with Crippen molar-refractivity contribution < 1.29 is 29.3 Å². The fourth-order valence-electron chi connectivity index (χ4n) is 2.57. The van der Waals surface area contributed by atoms with Gasteiger partial charge in [0.15, 0.2) is 0 Å². The largest absolute Gasteiger partial charge is 0.481 e. The predicted octanol–water partition coefficient (Wildman–Crippen LogP) is 2.51. The third-order valence-electron chi connectivity index (χ3n) is 4.10. The van der Waals surface area contributed by atoms with Crippen molar-refractivity contribution in [3.8, 4) is 0 Å². The van der Waals surface area contributed by atoms with E-state index < -0.39 is 24.1 Å². The van der Waals surface area contributed by atoms with Crippen LogP contribution in [0.3, 0.4) is 0 Å². The minimum Gasteiger partial charge on any atom is -0.481 e. The minimum atomic E-state index is -1.30. The number of aliphatic carboxylic acids is 2. The van der Waals surface area contributed by atoms with Gasteiger partial charge in [-0.15, -0.1) is 0 Å². The third-order valence-corrected chi connectivity index (χ3v) is 4.10. The molecular formula is C19H28N2O6. The smallest absolute Gasteiger partial charge is 0.408 e. The zero-order chi connectivity index (χ0) is 20.1. The van der Waals surface area contributed by atoms with Crippen molar-refractivity contribution in [2.75, 3.05) is 0 Å². The van der Waals surface area contributed by atoms with Gasteiger partial charge in [-0.1, -0.05) is 49.6 Å². The lowest BCUT2D eigenvalue weighted by atomic mass is 9.97. The van der Waals surface area contributed by atoms with Gasteiger partial charge in [0.1, 0.15) is 12.6 Å². The molecule has 27 heavy (non-hydrogen) atoms. The van der Waals surface area contributed by atoms with Gasteiger partial charge in [-0.05, 0) is 24.8 Å². The van der Waals surface area contributed by atoms with Gasteiger partial charge in [-0.3, -0.25) is 4.79 Å². The summed E-state index contributed by atoms with van der Waals surface area (Å²) in [5, 5.41) is 19.5. The van der Waals surface area contributed by atoms with E-state index in [4.69, 9.17) is 20.7 Å². The summed E-state index contributed by atoms with van der Waals surface area (Å²) >= 11 is 0. The molecule has 1 unspecified atom stereocenters. The SMILES string of the molecule is NC1CCCCC1.O=C(O)CCC(NC(=O)OCc1ccccc1)C(=O)O. The number of rotatable bonds is 7. The Morgan fingerprint density at radius 1 is 1.11 bits per heavy atom. The number of carbonyl (C=O) groups excluding carboxylic acids is 1. The van der Waals surface area contributed by atoms with Gasteiger partial charge in [0.2, 0.25) is 0 Å². The van der Waals surface area contributed by atoms with Crippen LogP contribution < -0.4 is 11.1 Å². The number of hydrogen-bond acceptors (Lipinski definition) is 5. The molecule has 0 heterocycles. The monoisotopic (exact) mass is 380 g/mol. The van der Waals surface area contributed by atoms with Crippen LogP contribution in [0.4, 0.5) is 4.79 Å². The Morgan fingerprint density at radius 2 is 1.74 bits per heavy atom. The van der Waals surface area contributed by atoms with Gasteiger partial charge in [-0.25, -0.2) is 9.59 Å². The Kier molecular flexibility index (Phi) is 10.5. The molecule has 1 amide bonds. The molecule has 1 aromatic carbocycles. The average Bonchev–Trinajstić information content (AvgIpc) is 2.65. The van der Waals surface area contributed by atoms with E-state index in [9.17, 15) is 14.4 Å². The molecule has 0 aliphatic heterocycles. The average molecular weight is 380 g/mol. The number of carboxylic acids is 2. The van der Waals surface area contributed by atoms with Crippen LogP contribution in [0.1, 0.15) is 50.5 Å². The number of nitrogens with one attached hydrogen (secondary N) is 1. The van der Waals surface area contributed by atoms with Crippen LogP contribution in [0, 0.1) is 0 Å². The van der Waals surface area contributed by atoms with Crippen molar-refractivity contribution in [2.24, 2.45) is 5.73 Å². The van der Waals surface area contributed by atoms with Crippen molar-refractivity contribution in [2.45, 2.75) is 63.6 Å². The van der Waals surface area contributed by atoms with E-state index in [1.165, 1.54) is 32.1 Å². The molecule has 150 valence electrons. The molecule has 0 radical (unpaired) electrons. The highest BCUT2D eigenvalue weighted by atomic mass is 16.5. The summed E-state index contributed by atoms with van der Waals surface area (Å²) in [6.45, 7) is 0.0118. The second-order valence-corrected chi connectivity index (χ2v) is 6.43. The predicted molar refractivity (Wildman–Crippen MR) is 99.1 cm³/mol. The van der Waals surface area contributed by atoms with Crippen molar-refractivity contribution in [1.29, 1.82) is 0 Å². The Morgan fingerprint density at radius 3 is 2.22 bits per heavy atom. The Hall–Kier alpha value is -2.61. The van der Waals surface area contributed by atoms with Crippen molar-refractivity contribution >= 4 is 18.0 Å². The summed E-state index contributed by atoms with van der Waals surface area (Å²) in [7, 11) is 0. The van der Waals surface area contributed by atoms with Crippen LogP contribution in [-0.2, 0) is 20.9 Å². The summed E-state index contributed by atoms with van der Waals surface area (Å²) in [6.07, 6.45) is 5.21. The van der Waals surface area contributed by atoms with Crippen molar-refractivity contribution in [3.63, 3.8) is 0 Å². The number of benzene rings is 1. The summed E-state index contributed by atoms with van der Waals surface area (Å²) in [5.74, 6) is -2.43. The zero-order valence-corrected chi connectivity index (χ0v) is 15.3. The molecule has 0 aromatic heterocycles. The summed E-state index contributed by atoms with van der Waals surface area (Å²) < 4.78 is 4.85. The highest BCUT2D eigenvalue weighted by Crippen LogP contribution is 2.14. The molecule has 1 aromatic rings. The quantitative estimate of drug-likeness (QED) is 0.570. The molecule has 1 fully saturated rings. The van der Waals surface area contributed by atoms with E-state index in [1.54, 1.807) is 24.3 Å². The van der Waals surface area contributed by atoms with Gasteiger partial charge >= 0.3 is 18.0 Å². The fourth-order valence-corrected chi connectivity index (χ4v) is 2.57. The van der Waals surface area contributed by atoms with E-state index in [1.807, 2.05) is 6.07 Å². The van der Waals surface area contributed by atoms with Gasteiger partial charge in [0, 0.05) is 12.5 Å². The normalized spacial score (nSPS) is 15.0. The van der Waals surface area contributed by atoms with Crippen LogP contribution in [0.2, 0.25) is 0 Å². The minimum absolute atomic E-state index is 0.0118. The van der Waals surface area contributed by atoms with E-state index >= 15 is 0 Å². The maximum atomic E-state index is 11.4. The first-order chi connectivity index (χ1) is 12.9. The molecule has 0 saturated heterocycles. The first kappa shape index (κ1) is 22.4. The molecule has 1 aliphatic rings. The molecule has 8 heteroatoms. The Labute approximate surface area is 158 Å². The summed E-state index contributed by atoms with van der Waals surface area (Å²) in [6, 6.07) is 8.14. The first-order valence-electron chi connectivity index (χ1n) is 9.06. The number of hydrogen-bond donors (Lipinski definition) is 4. The lowest BCUT2D eigenvalue weighted by molar-refractivity contribution is -0.140. The standard InChI is InChI=1S/C13H15NO6.C6H13N/c15-11(16)7-6-10(12(17)18)14-13(19)20-8-9-4-2-1-3-5-9;7-6-4-2-1-3-5-6/h1-5,10H,6-8H2,(H,14,19)(H,15,16)(H,17,18);6H,1-5,7H2. The first-order valence-corrected chi connectivity index (χ1v) is 9.06. The molecule has 1 atom stereocenters. The van der Waals surface area contributed by atoms with Crippen LogP contribution in [0.5, 0.6) is 0 Å². The number of alkyl carbamates (subject to hydrolysis) is 1. The van der Waals surface area contributed by atoms with Gasteiger partial charge in [0.05, 0.1) is 0 Å². The van der Waals surface area contributed by atoms with Crippen molar-refractivity contribution in [3.05, 3.63) is 35.9 Å². The molecule has 0 bridgehead atoms. The van der Waals surface area contributed by atoms with E-state index in [0.717, 1.165) is 5.56 Å². The fraction of sp³-hybridized carbons (Fsp3) is 0.526. The van der Waals surface area contributed by atoms with E-state index in [-0.39, 0.29) is 19.4 Å². The van der Waals surface area contributed by atoms with Crippen LogP contribution >= 0.6 is 0 Å². The van der Waals surface area contributed by atoms with Gasteiger partial charge < -0.3 is 26.0 Å². The molecule has 1 aliphatic carbocycles. The maximum Gasteiger partial charge on any atom is 0.408 e. The molecule has 0 spiro atoms. The topological polar surface area (TPSA) is 139 Å². The molecular weight excluding hydrogens is 352 g/mol. The number of nitrogens with two attached hydrogens (primary N) is 1. The third kappa shape index (κ3) is 10.9.